The third-order valence-corrected chi connectivity index (χ3v) is 3.07. The summed E-state index contributed by atoms with van der Waals surface area (Å²) >= 11 is 0. The minimum absolute atomic E-state index is 0.0355. The van der Waals surface area contributed by atoms with Crippen LogP contribution in [0.2, 0.25) is 0 Å². The Kier molecular flexibility index (Phi) is 5.03. The van der Waals surface area contributed by atoms with Crippen LogP contribution in [0.4, 0.5) is 13.2 Å². The topological polar surface area (TPSA) is 42.4 Å². The van der Waals surface area contributed by atoms with Crippen LogP contribution in [0, 0.1) is 0 Å². The van der Waals surface area contributed by atoms with Gasteiger partial charge < -0.3 is 9.84 Å². The summed E-state index contributed by atoms with van der Waals surface area (Å²) in [6.45, 7) is 1.99. The van der Waals surface area contributed by atoms with Crippen molar-refractivity contribution in [2.24, 2.45) is 0 Å². The Morgan fingerprint density at radius 1 is 1.18 bits per heavy atom. The summed E-state index contributed by atoms with van der Waals surface area (Å²) in [6, 6.07) is 6.90. The fraction of sp³-hybridized carbons (Fsp3) is 0.312. The van der Waals surface area contributed by atoms with Crippen molar-refractivity contribution in [2.45, 2.75) is 26.1 Å². The highest BCUT2D eigenvalue weighted by Gasteiger charge is 2.34. The maximum atomic E-state index is 13.3. The summed E-state index contributed by atoms with van der Waals surface area (Å²) < 4.78 is 45.1. The Morgan fingerprint density at radius 3 is 2.50 bits per heavy atom. The zero-order chi connectivity index (χ0) is 16.2. The molecule has 0 saturated heterocycles. The van der Waals surface area contributed by atoms with Crippen molar-refractivity contribution in [3.8, 4) is 16.9 Å². The van der Waals surface area contributed by atoms with Crippen molar-refractivity contribution < 1.29 is 23.0 Å². The molecule has 118 valence electrons. The molecule has 1 N–H and O–H groups in total. The summed E-state index contributed by atoms with van der Waals surface area (Å²) in [4.78, 5) is 3.92. The van der Waals surface area contributed by atoms with Crippen molar-refractivity contribution >= 4 is 0 Å². The minimum atomic E-state index is -4.49. The van der Waals surface area contributed by atoms with Gasteiger partial charge in [-0.3, -0.25) is 4.98 Å². The molecule has 0 unspecified atom stereocenters. The normalized spacial score (nSPS) is 11.5. The van der Waals surface area contributed by atoms with E-state index in [0.717, 1.165) is 12.5 Å². The summed E-state index contributed by atoms with van der Waals surface area (Å²) in [6.07, 6.45) is -2.45. The summed E-state index contributed by atoms with van der Waals surface area (Å²) in [5.74, 6) is 0.192. The molecule has 6 heteroatoms. The number of hydrogen-bond donors (Lipinski definition) is 1. The Bertz CT molecular complexity index is 624. The van der Waals surface area contributed by atoms with Crippen LogP contribution < -0.4 is 4.74 Å². The van der Waals surface area contributed by atoms with Gasteiger partial charge in [-0.05, 0) is 30.2 Å². The third kappa shape index (κ3) is 3.76. The molecule has 0 aliphatic rings. The van der Waals surface area contributed by atoms with E-state index in [0.29, 0.717) is 17.9 Å². The van der Waals surface area contributed by atoms with E-state index in [4.69, 9.17) is 9.84 Å². The Labute approximate surface area is 126 Å². The maximum absolute atomic E-state index is 13.3. The largest absolute Gasteiger partial charge is 0.494 e. The van der Waals surface area contributed by atoms with E-state index in [2.05, 4.69) is 4.98 Å². The van der Waals surface area contributed by atoms with Crippen molar-refractivity contribution in [1.29, 1.82) is 0 Å². The molecule has 1 aromatic heterocycles. The molecular formula is C16H16F3NO2. The molecule has 0 fully saturated rings. The molecule has 0 bridgehead atoms. The lowest BCUT2D eigenvalue weighted by atomic mass is 10.00. The van der Waals surface area contributed by atoms with Gasteiger partial charge in [-0.2, -0.15) is 13.2 Å². The zero-order valence-electron chi connectivity index (χ0n) is 12.0. The monoisotopic (exact) mass is 311 g/mol. The molecule has 1 heterocycles. The van der Waals surface area contributed by atoms with Crippen LogP contribution in [0.3, 0.4) is 0 Å². The number of pyridine rings is 1. The fourth-order valence-corrected chi connectivity index (χ4v) is 2.00. The number of hydrogen-bond acceptors (Lipinski definition) is 3. The van der Waals surface area contributed by atoms with Gasteiger partial charge in [0.15, 0.2) is 0 Å². The molecule has 3 nitrogen and oxygen atoms in total. The van der Waals surface area contributed by atoms with E-state index in [1.165, 1.54) is 30.5 Å². The average Bonchev–Trinajstić information content (AvgIpc) is 2.52. The molecule has 0 atom stereocenters. The van der Waals surface area contributed by atoms with Crippen LogP contribution in [0.5, 0.6) is 5.75 Å². The lowest BCUT2D eigenvalue weighted by Crippen LogP contribution is -2.08. The predicted octanol–water partition coefficient (Wildman–Crippen LogP) is 4.05. The quantitative estimate of drug-likeness (QED) is 0.906. The number of halogens is 3. The van der Waals surface area contributed by atoms with E-state index in [9.17, 15) is 13.2 Å². The van der Waals surface area contributed by atoms with Gasteiger partial charge in [0.25, 0.3) is 0 Å². The SMILES string of the molecule is CCCOc1ccc(-c2ccc(CO)nc2)c(C(F)(F)F)c1. The second-order valence-corrected chi connectivity index (χ2v) is 4.75. The Balaban J connectivity index is 2.44. The van der Waals surface area contributed by atoms with Crippen LogP contribution >= 0.6 is 0 Å². The van der Waals surface area contributed by atoms with Gasteiger partial charge in [-0.25, -0.2) is 0 Å². The first-order chi connectivity index (χ1) is 10.5. The van der Waals surface area contributed by atoms with Gasteiger partial charge in [-0.1, -0.05) is 19.1 Å². The Hall–Kier alpha value is -2.08. The van der Waals surface area contributed by atoms with Crippen molar-refractivity contribution in [2.75, 3.05) is 6.61 Å². The van der Waals surface area contributed by atoms with Crippen LogP contribution in [0.15, 0.2) is 36.5 Å². The number of aromatic nitrogens is 1. The first-order valence-electron chi connectivity index (χ1n) is 6.86. The number of alkyl halides is 3. The van der Waals surface area contributed by atoms with E-state index in [-0.39, 0.29) is 17.9 Å². The molecular weight excluding hydrogens is 295 g/mol. The lowest BCUT2D eigenvalue weighted by molar-refractivity contribution is -0.137. The summed E-state index contributed by atoms with van der Waals surface area (Å²) in [7, 11) is 0. The van der Waals surface area contributed by atoms with Crippen LogP contribution in [0.25, 0.3) is 11.1 Å². The van der Waals surface area contributed by atoms with Crippen LogP contribution in [0.1, 0.15) is 24.6 Å². The van der Waals surface area contributed by atoms with E-state index in [1.807, 2.05) is 6.92 Å². The highest BCUT2D eigenvalue weighted by molar-refractivity contribution is 5.68. The lowest BCUT2D eigenvalue weighted by Gasteiger charge is -2.15. The average molecular weight is 311 g/mol. The van der Waals surface area contributed by atoms with Gasteiger partial charge >= 0.3 is 6.18 Å². The number of aliphatic hydroxyl groups is 1. The van der Waals surface area contributed by atoms with Gasteiger partial charge in [0.2, 0.25) is 0 Å². The third-order valence-electron chi connectivity index (χ3n) is 3.07. The summed E-state index contributed by atoms with van der Waals surface area (Å²) in [5.41, 5.74) is 0.0137. The standard InChI is InChI=1S/C16H16F3NO2/c1-2-7-22-13-5-6-14(15(8-13)16(17,18)19)11-3-4-12(10-21)20-9-11/h3-6,8-9,21H,2,7,10H2,1H3. The molecule has 0 amide bonds. The van der Waals surface area contributed by atoms with E-state index in [1.54, 1.807) is 0 Å². The van der Waals surface area contributed by atoms with Crippen LogP contribution in [-0.2, 0) is 12.8 Å². The number of ether oxygens (including phenoxy) is 1. The van der Waals surface area contributed by atoms with Crippen molar-refractivity contribution in [3.05, 3.63) is 47.8 Å². The first-order valence-corrected chi connectivity index (χ1v) is 6.86. The van der Waals surface area contributed by atoms with E-state index < -0.39 is 11.7 Å². The number of nitrogens with zero attached hydrogens (tertiary/aromatic N) is 1. The second-order valence-electron chi connectivity index (χ2n) is 4.75. The molecule has 0 aliphatic carbocycles. The molecule has 22 heavy (non-hydrogen) atoms. The van der Waals surface area contributed by atoms with Gasteiger partial charge in [0, 0.05) is 11.8 Å². The molecule has 0 saturated carbocycles. The number of benzene rings is 1. The zero-order valence-corrected chi connectivity index (χ0v) is 12.0. The molecule has 2 aromatic rings. The highest BCUT2D eigenvalue weighted by atomic mass is 19.4. The first kappa shape index (κ1) is 16.3. The van der Waals surface area contributed by atoms with Gasteiger partial charge in [-0.15, -0.1) is 0 Å². The molecule has 0 aliphatic heterocycles. The molecule has 0 radical (unpaired) electrons. The predicted molar refractivity (Wildman–Crippen MR) is 76.4 cm³/mol. The van der Waals surface area contributed by atoms with Crippen LogP contribution in [-0.4, -0.2) is 16.7 Å². The summed E-state index contributed by atoms with van der Waals surface area (Å²) in [5, 5.41) is 8.94. The smallest absolute Gasteiger partial charge is 0.417 e. The van der Waals surface area contributed by atoms with Gasteiger partial charge in [0.1, 0.15) is 5.75 Å². The molecule has 2 rings (SSSR count). The molecule has 1 aromatic carbocycles. The molecule has 0 spiro atoms. The minimum Gasteiger partial charge on any atom is -0.494 e. The fourth-order valence-electron chi connectivity index (χ4n) is 2.00. The Morgan fingerprint density at radius 2 is 1.95 bits per heavy atom. The van der Waals surface area contributed by atoms with Gasteiger partial charge in [0.05, 0.1) is 24.5 Å². The number of rotatable bonds is 5. The van der Waals surface area contributed by atoms with Crippen molar-refractivity contribution in [1.82, 2.24) is 4.98 Å². The highest BCUT2D eigenvalue weighted by Crippen LogP contribution is 2.39. The van der Waals surface area contributed by atoms with E-state index >= 15 is 0 Å². The number of aliphatic hydroxyl groups excluding tert-OH is 1. The maximum Gasteiger partial charge on any atom is 0.417 e. The van der Waals surface area contributed by atoms with Crippen molar-refractivity contribution in [3.63, 3.8) is 0 Å². The second kappa shape index (κ2) is 6.79.